The van der Waals surface area contributed by atoms with E-state index in [0.29, 0.717) is 5.41 Å². The first-order chi connectivity index (χ1) is 8.72. The van der Waals surface area contributed by atoms with Crippen LogP contribution in [0, 0.1) is 23.2 Å². The largest absolute Gasteiger partial charge is 0.314 e. The zero-order valence-electron chi connectivity index (χ0n) is 12.4. The Labute approximate surface area is 113 Å². The highest BCUT2D eigenvalue weighted by molar-refractivity contribution is 5.05. The molecule has 0 aliphatic heterocycles. The van der Waals surface area contributed by atoms with E-state index in [4.69, 9.17) is 0 Å². The highest BCUT2D eigenvalue weighted by Crippen LogP contribution is 2.61. The van der Waals surface area contributed by atoms with Crippen molar-refractivity contribution in [1.29, 1.82) is 0 Å². The number of hydrogen-bond acceptors (Lipinski definition) is 1. The van der Waals surface area contributed by atoms with Crippen LogP contribution in [-0.4, -0.2) is 12.6 Å². The maximum atomic E-state index is 3.87. The van der Waals surface area contributed by atoms with Crippen LogP contribution in [0.25, 0.3) is 0 Å². The van der Waals surface area contributed by atoms with Crippen LogP contribution >= 0.6 is 0 Å². The summed E-state index contributed by atoms with van der Waals surface area (Å²) in [6.07, 6.45) is 13.4. The van der Waals surface area contributed by atoms with Gasteiger partial charge in [0, 0.05) is 6.04 Å². The topological polar surface area (TPSA) is 12.0 Å². The summed E-state index contributed by atoms with van der Waals surface area (Å²) < 4.78 is 0. The smallest absolute Gasteiger partial charge is 0.00954 e. The van der Waals surface area contributed by atoms with Crippen molar-refractivity contribution in [2.24, 2.45) is 23.2 Å². The summed E-state index contributed by atoms with van der Waals surface area (Å²) in [5.41, 5.74) is 0.695. The summed E-state index contributed by atoms with van der Waals surface area (Å²) in [5.74, 6) is 3.28. The molecule has 1 N–H and O–H groups in total. The van der Waals surface area contributed by atoms with Crippen molar-refractivity contribution in [1.82, 2.24) is 5.32 Å². The van der Waals surface area contributed by atoms with Gasteiger partial charge < -0.3 is 5.32 Å². The van der Waals surface area contributed by atoms with Gasteiger partial charge in [0.05, 0.1) is 0 Å². The van der Waals surface area contributed by atoms with Gasteiger partial charge in [0.25, 0.3) is 0 Å². The van der Waals surface area contributed by atoms with Crippen LogP contribution in [0.3, 0.4) is 0 Å². The summed E-state index contributed by atoms with van der Waals surface area (Å²) in [7, 11) is 0. The van der Waals surface area contributed by atoms with E-state index < -0.39 is 0 Å². The van der Waals surface area contributed by atoms with E-state index in [2.05, 4.69) is 19.2 Å². The van der Waals surface area contributed by atoms with Gasteiger partial charge in [0.15, 0.2) is 0 Å². The van der Waals surface area contributed by atoms with Crippen molar-refractivity contribution in [2.75, 3.05) is 6.54 Å². The Morgan fingerprint density at radius 1 is 1.00 bits per heavy atom. The van der Waals surface area contributed by atoms with Crippen LogP contribution in [0.1, 0.15) is 71.6 Å². The second-order valence-electron chi connectivity index (χ2n) is 7.66. The van der Waals surface area contributed by atoms with Gasteiger partial charge in [-0.25, -0.2) is 0 Å². The van der Waals surface area contributed by atoms with Crippen LogP contribution in [0.5, 0.6) is 0 Å². The maximum Gasteiger partial charge on any atom is 0.00954 e. The van der Waals surface area contributed by atoms with E-state index in [9.17, 15) is 0 Å². The molecular weight excluding hydrogens is 218 g/mol. The molecule has 104 valence electrons. The Morgan fingerprint density at radius 2 is 1.56 bits per heavy atom. The molecule has 0 amide bonds. The van der Waals surface area contributed by atoms with Gasteiger partial charge in [-0.05, 0) is 81.6 Å². The van der Waals surface area contributed by atoms with Crippen molar-refractivity contribution < 1.29 is 0 Å². The van der Waals surface area contributed by atoms with Crippen LogP contribution in [0.15, 0.2) is 0 Å². The van der Waals surface area contributed by atoms with Gasteiger partial charge in [0.2, 0.25) is 0 Å². The summed E-state index contributed by atoms with van der Waals surface area (Å²) in [6, 6.07) is 0.766. The Hall–Kier alpha value is -0.0400. The number of hydrogen-bond donors (Lipinski definition) is 1. The third-order valence-corrected chi connectivity index (χ3v) is 6.24. The van der Waals surface area contributed by atoms with Crippen LogP contribution in [0.2, 0.25) is 0 Å². The summed E-state index contributed by atoms with van der Waals surface area (Å²) in [4.78, 5) is 0. The molecule has 1 nitrogen and oxygen atoms in total. The average Bonchev–Trinajstić information content (AvgIpc) is 2.32. The molecule has 4 aliphatic rings. The molecule has 4 aliphatic carbocycles. The summed E-state index contributed by atoms with van der Waals surface area (Å²) in [6.45, 7) is 6.03. The average molecular weight is 249 g/mol. The number of unbranched alkanes of at least 4 members (excludes halogenated alkanes) is 2. The van der Waals surface area contributed by atoms with E-state index >= 15 is 0 Å². The lowest BCUT2D eigenvalue weighted by molar-refractivity contribution is -0.0703. The Balaban J connectivity index is 1.57. The van der Waals surface area contributed by atoms with E-state index in [1.165, 1.54) is 25.8 Å². The molecule has 1 unspecified atom stereocenters. The van der Waals surface area contributed by atoms with Crippen molar-refractivity contribution >= 4 is 0 Å². The highest BCUT2D eigenvalue weighted by Gasteiger charge is 2.52. The SMILES string of the molecule is CCCCCNC(C)C12CC3CC(CC(C3)C1)C2. The van der Waals surface area contributed by atoms with Gasteiger partial charge >= 0.3 is 0 Å². The fraction of sp³-hybridized carbons (Fsp3) is 1.00. The third kappa shape index (κ3) is 2.35. The van der Waals surface area contributed by atoms with Gasteiger partial charge in [-0.15, -0.1) is 0 Å². The van der Waals surface area contributed by atoms with Crippen molar-refractivity contribution in [3.63, 3.8) is 0 Å². The molecule has 0 saturated heterocycles. The standard InChI is InChI=1S/C17H31N/c1-3-4-5-6-18-13(2)17-10-14-7-15(11-17)9-16(8-14)12-17/h13-16,18H,3-12H2,1-2H3. The lowest BCUT2D eigenvalue weighted by Crippen LogP contribution is -2.54. The van der Waals surface area contributed by atoms with Crippen molar-refractivity contribution in [2.45, 2.75) is 77.7 Å². The molecule has 4 fully saturated rings. The second-order valence-corrected chi connectivity index (χ2v) is 7.66. The quantitative estimate of drug-likeness (QED) is 0.689. The predicted octanol–water partition coefficient (Wildman–Crippen LogP) is 4.37. The minimum Gasteiger partial charge on any atom is -0.314 e. The highest BCUT2D eigenvalue weighted by atomic mass is 14.9. The maximum absolute atomic E-state index is 3.87. The molecule has 0 aromatic rings. The predicted molar refractivity (Wildman–Crippen MR) is 77.6 cm³/mol. The van der Waals surface area contributed by atoms with E-state index in [0.717, 1.165) is 23.8 Å². The third-order valence-electron chi connectivity index (χ3n) is 6.24. The summed E-state index contributed by atoms with van der Waals surface area (Å²) >= 11 is 0. The molecule has 18 heavy (non-hydrogen) atoms. The molecule has 0 radical (unpaired) electrons. The minimum atomic E-state index is 0.695. The molecule has 1 atom stereocenters. The normalized spacial score (nSPS) is 43.3. The number of rotatable bonds is 6. The van der Waals surface area contributed by atoms with Gasteiger partial charge in [-0.1, -0.05) is 19.8 Å². The first-order valence-corrected chi connectivity index (χ1v) is 8.45. The number of nitrogens with one attached hydrogen (secondary N) is 1. The summed E-state index contributed by atoms with van der Waals surface area (Å²) in [5, 5.41) is 3.87. The molecule has 4 bridgehead atoms. The first kappa shape index (κ1) is 13.0. The van der Waals surface area contributed by atoms with E-state index in [1.807, 2.05) is 0 Å². The van der Waals surface area contributed by atoms with Crippen LogP contribution < -0.4 is 5.32 Å². The van der Waals surface area contributed by atoms with Gasteiger partial charge in [-0.3, -0.25) is 0 Å². The van der Waals surface area contributed by atoms with Crippen molar-refractivity contribution in [3.05, 3.63) is 0 Å². The minimum absolute atomic E-state index is 0.695. The molecule has 0 spiro atoms. The molecule has 0 aromatic carbocycles. The Kier molecular flexibility index (Phi) is 3.71. The van der Waals surface area contributed by atoms with Gasteiger partial charge in [0.1, 0.15) is 0 Å². The van der Waals surface area contributed by atoms with Crippen LogP contribution in [-0.2, 0) is 0 Å². The molecule has 0 heterocycles. The van der Waals surface area contributed by atoms with E-state index in [1.54, 1.807) is 38.5 Å². The Morgan fingerprint density at radius 3 is 2.06 bits per heavy atom. The molecular formula is C17H31N. The van der Waals surface area contributed by atoms with E-state index in [-0.39, 0.29) is 0 Å². The first-order valence-electron chi connectivity index (χ1n) is 8.45. The molecule has 4 saturated carbocycles. The van der Waals surface area contributed by atoms with Gasteiger partial charge in [-0.2, -0.15) is 0 Å². The lowest BCUT2D eigenvalue weighted by atomic mass is 9.48. The molecule has 1 heteroatoms. The monoisotopic (exact) mass is 249 g/mol. The van der Waals surface area contributed by atoms with Crippen LogP contribution in [0.4, 0.5) is 0 Å². The lowest BCUT2D eigenvalue weighted by Gasteiger charge is -2.59. The van der Waals surface area contributed by atoms with Crippen molar-refractivity contribution in [3.8, 4) is 0 Å². The molecule has 4 rings (SSSR count). The second kappa shape index (κ2) is 5.15. The Bertz CT molecular complexity index is 248. The zero-order chi connectivity index (χ0) is 12.6. The molecule has 0 aromatic heterocycles. The fourth-order valence-corrected chi connectivity index (χ4v) is 5.62. The fourth-order valence-electron chi connectivity index (χ4n) is 5.62. The zero-order valence-corrected chi connectivity index (χ0v) is 12.4.